The lowest BCUT2D eigenvalue weighted by Gasteiger charge is -2.20. The highest BCUT2D eigenvalue weighted by molar-refractivity contribution is 7.06. The molecule has 3 nitrogen and oxygen atoms in total. The lowest BCUT2D eigenvalue weighted by molar-refractivity contribution is 0.426. The zero-order valence-electron chi connectivity index (χ0n) is 11.0. The Morgan fingerprint density at radius 1 is 1.37 bits per heavy atom. The van der Waals surface area contributed by atoms with Crippen LogP contribution in [0.3, 0.4) is 0 Å². The average Bonchev–Trinajstić information content (AvgIpc) is 2.73. The van der Waals surface area contributed by atoms with Crippen molar-refractivity contribution in [2.75, 3.05) is 0 Å². The highest BCUT2D eigenvalue weighted by Crippen LogP contribution is 2.31. The molecule has 1 heterocycles. The van der Waals surface area contributed by atoms with Crippen molar-refractivity contribution in [2.24, 2.45) is 0 Å². The van der Waals surface area contributed by atoms with E-state index in [0.29, 0.717) is 22.8 Å². The summed E-state index contributed by atoms with van der Waals surface area (Å²) in [7, 11) is 0. The van der Waals surface area contributed by atoms with E-state index >= 15 is 0 Å². The molecule has 0 aliphatic carbocycles. The molecule has 0 aliphatic rings. The molecule has 1 aromatic carbocycles. The van der Waals surface area contributed by atoms with Gasteiger partial charge in [0.1, 0.15) is 11.5 Å². The number of hydrogen-bond donors (Lipinski definition) is 1. The van der Waals surface area contributed by atoms with Crippen LogP contribution in [-0.4, -0.2) is 15.1 Å². The van der Waals surface area contributed by atoms with Crippen LogP contribution in [0.2, 0.25) is 5.02 Å². The summed E-state index contributed by atoms with van der Waals surface area (Å²) in [5, 5.41) is 7.83. The van der Waals surface area contributed by atoms with E-state index in [1.54, 1.807) is 6.07 Å². The number of nitrogens with one attached hydrogen (secondary N) is 1. The smallest absolute Gasteiger partial charge is 0.124 e. The van der Waals surface area contributed by atoms with E-state index in [9.17, 15) is 4.39 Å². The molecule has 0 saturated heterocycles. The van der Waals surface area contributed by atoms with Gasteiger partial charge >= 0.3 is 0 Å². The van der Waals surface area contributed by atoms with Crippen LogP contribution in [0.5, 0.6) is 0 Å². The van der Waals surface area contributed by atoms with E-state index < -0.39 is 0 Å². The van der Waals surface area contributed by atoms with Crippen LogP contribution in [0, 0.1) is 5.82 Å². The standard InChI is InChI=1S/C13H15ClFN3S/c1-13(2,3)16-7-11-12(17-18-19-11)9-5-4-8(15)6-10(9)14/h4-6,16H,7H2,1-3H3. The van der Waals surface area contributed by atoms with Crippen molar-refractivity contribution in [1.29, 1.82) is 0 Å². The third-order valence-corrected chi connectivity index (χ3v) is 3.56. The fourth-order valence-corrected chi connectivity index (χ4v) is 2.41. The van der Waals surface area contributed by atoms with Gasteiger partial charge in [0.05, 0.1) is 9.90 Å². The van der Waals surface area contributed by atoms with Crippen molar-refractivity contribution in [1.82, 2.24) is 14.9 Å². The lowest BCUT2D eigenvalue weighted by Crippen LogP contribution is -2.34. The van der Waals surface area contributed by atoms with E-state index in [4.69, 9.17) is 11.6 Å². The van der Waals surface area contributed by atoms with Gasteiger partial charge < -0.3 is 5.32 Å². The van der Waals surface area contributed by atoms with Crippen LogP contribution in [0.15, 0.2) is 18.2 Å². The Morgan fingerprint density at radius 2 is 2.11 bits per heavy atom. The summed E-state index contributed by atoms with van der Waals surface area (Å²) in [4.78, 5) is 0.989. The highest BCUT2D eigenvalue weighted by atomic mass is 35.5. The van der Waals surface area contributed by atoms with Crippen LogP contribution < -0.4 is 5.32 Å². The first-order valence-electron chi connectivity index (χ1n) is 5.88. The molecule has 0 atom stereocenters. The minimum Gasteiger partial charge on any atom is -0.307 e. The Kier molecular flexibility index (Phi) is 4.18. The zero-order chi connectivity index (χ0) is 14.0. The summed E-state index contributed by atoms with van der Waals surface area (Å²) in [5.41, 5.74) is 1.43. The van der Waals surface area contributed by atoms with Gasteiger partial charge in [0, 0.05) is 17.6 Å². The van der Waals surface area contributed by atoms with E-state index in [0.717, 1.165) is 4.88 Å². The minimum absolute atomic E-state index is 0.00779. The van der Waals surface area contributed by atoms with Crippen molar-refractivity contribution in [3.05, 3.63) is 33.9 Å². The molecule has 1 aromatic heterocycles. The molecule has 0 aliphatic heterocycles. The number of rotatable bonds is 3. The van der Waals surface area contributed by atoms with Crippen molar-refractivity contribution < 1.29 is 4.39 Å². The first-order valence-corrected chi connectivity index (χ1v) is 7.03. The molecule has 0 spiro atoms. The van der Waals surface area contributed by atoms with E-state index in [2.05, 4.69) is 35.7 Å². The quantitative estimate of drug-likeness (QED) is 0.934. The first-order chi connectivity index (χ1) is 8.87. The summed E-state index contributed by atoms with van der Waals surface area (Å²) in [6.07, 6.45) is 0. The predicted octanol–water partition coefficient (Wildman–Crippen LogP) is 3.89. The van der Waals surface area contributed by atoms with Gasteiger partial charge in [0.15, 0.2) is 0 Å². The van der Waals surface area contributed by atoms with Crippen LogP contribution in [-0.2, 0) is 6.54 Å². The Morgan fingerprint density at radius 3 is 2.74 bits per heavy atom. The summed E-state index contributed by atoms with van der Waals surface area (Å²) >= 11 is 7.38. The molecule has 0 saturated carbocycles. The summed E-state index contributed by atoms with van der Waals surface area (Å²) in [5.74, 6) is -0.355. The Hall–Kier alpha value is -1.04. The maximum atomic E-state index is 13.1. The topological polar surface area (TPSA) is 37.8 Å². The zero-order valence-corrected chi connectivity index (χ0v) is 12.6. The second-order valence-electron chi connectivity index (χ2n) is 5.27. The van der Waals surface area contributed by atoms with Crippen molar-refractivity contribution in [3.63, 3.8) is 0 Å². The molecule has 0 amide bonds. The molecular formula is C13H15ClFN3S. The molecule has 102 valence electrons. The van der Waals surface area contributed by atoms with E-state index in [-0.39, 0.29) is 11.4 Å². The number of hydrogen-bond acceptors (Lipinski definition) is 4. The largest absolute Gasteiger partial charge is 0.307 e. The Balaban J connectivity index is 2.28. The molecule has 0 fully saturated rings. The fraction of sp³-hybridized carbons (Fsp3) is 0.385. The van der Waals surface area contributed by atoms with E-state index in [1.165, 1.54) is 23.7 Å². The summed E-state index contributed by atoms with van der Waals surface area (Å²) in [6.45, 7) is 6.92. The highest BCUT2D eigenvalue weighted by Gasteiger charge is 2.16. The third-order valence-electron chi connectivity index (χ3n) is 2.52. The average molecular weight is 300 g/mol. The maximum absolute atomic E-state index is 13.1. The van der Waals surface area contributed by atoms with Gasteiger partial charge in [0.25, 0.3) is 0 Å². The molecule has 2 aromatic rings. The van der Waals surface area contributed by atoms with Crippen LogP contribution in [0.1, 0.15) is 25.6 Å². The number of benzene rings is 1. The number of aromatic nitrogens is 2. The molecule has 2 rings (SSSR count). The molecule has 6 heteroatoms. The fourth-order valence-electron chi connectivity index (χ4n) is 1.56. The van der Waals surface area contributed by atoms with Crippen molar-refractivity contribution in [3.8, 4) is 11.3 Å². The van der Waals surface area contributed by atoms with Gasteiger partial charge in [0.2, 0.25) is 0 Å². The second-order valence-corrected chi connectivity index (χ2v) is 6.52. The molecule has 19 heavy (non-hydrogen) atoms. The molecule has 0 radical (unpaired) electrons. The van der Waals surface area contributed by atoms with Gasteiger partial charge in [-0.25, -0.2) is 4.39 Å². The van der Waals surface area contributed by atoms with Crippen molar-refractivity contribution >= 4 is 23.1 Å². The van der Waals surface area contributed by atoms with Gasteiger partial charge in [-0.05, 0) is 50.5 Å². The van der Waals surface area contributed by atoms with Gasteiger partial charge in [-0.1, -0.05) is 16.1 Å². The molecule has 0 unspecified atom stereocenters. The van der Waals surface area contributed by atoms with Gasteiger partial charge in [-0.2, -0.15) is 0 Å². The Labute approximate surface area is 121 Å². The van der Waals surface area contributed by atoms with E-state index in [1.807, 2.05) is 0 Å². The lowest BCUT2D eigenvalue weighted by atomic mass is 10.1. The molecule has 0 bridgehead atoms. The van der Waals surface area contributed by atoms with Crippen LogP contribution in [0.25, 0.3) is 11.3 Å². The van der Waals surface area contributed by atoms with Crippen LogP contribution >= 0.6 is 23.1 Å². The molecular weight excluding hydrogens is 285 g/mol. The normalized spacial score (nSPS) is 11.8. The number of halogens is 2. The molecule has 1 N–H and O–H groups in total. The van der Waals surface area contributed by atoms with Crippen LogP contribution in [0.4, 0.5) is 4.39 Å². The minimum atomic E-state index is -0.355. The first kappa shape index (κ1) is 14.4. The van der Waals surface area contributed by atoms with Crippen molar-refractivity contribution in [2.45, 2.75) is 32.9 Å². The predicted molar refractivity (Wildman–Crippen MR) is 76.9 cm³/mol. The SMILES string of the molecule is CC(C)(C)NCc1snnc1-c1ccc(F)cc1Cl. The van der Waals surface area contributed by atoms with Gasteiger partial charge in [-0.15, -0.1) is 5.10 Å². The number of nitrogens with zero attached hydrogens (tertiary/aromatic N) is 2. The summed E-state index contributed by atoms with van der Waals surface area (Å²) in [6, 6.07) is 4.30. The second kappa shape index (κ2) is 5.53. The Bertz CT molecular complexity index is 578. The maximum Gasteiger partial charge on any atom is 0.124 e. The van der Waals surface area contributed by atoms with Gasteiger partial charge in [-0.3, -0.25) is 0 Å². The monoisotopic (exact) mass is 299 g/mol. The third kappa shape index (κ3) is 3.72. The summed E-state index contributed by atoms with van der Waals surface area (Å²) < 4.78 is 17.0.